The highest BCUT2D eigenvalue weighted by Crippen LogP contribution is 2.35. The second kappa shape index (κ2) is 6.16. The van der Waals surface area contributed by atoms with Crippen LogP contribution in [0, 0.1) is 0 Å². The third kappa shape index (κ3) is 2.65. The third-order valence-corrected chi connectivity index (χ3v) is 3.57. The molecule has 0 aliphatic carbocycles. The lowest BCUT2D eigenvalue weighted by atomic mass is 9.75. The highest BCUT2D eigenvalue weighted by Gasteiger charge is 2.44. The van der Waals surface area contributed by atoms with E-state index in [0.717, 1.165) is 31.6 Å². The van der Waals surface area contributed by atoms with Crippen LogP contribution in [0.1, 0.15) is 18.5 Å². The molecule has 0 spiro atoms. The summed E-state index contributed by atoms with van der Waals surface area (Å²) in [5.74, 6) is -0.163. The molecular weight excluding hydrogens is 252 g/mol. The Labute approximate surface area is 114 Å². The Hall–Kier alpha value is -1.13. The van der Waals surface area contributed by atoms with Crippen molar-refractivity contribution in [1.82, 2.24) is 9.88 Å². The van der Waals surface area contributed by atoms with Gasteiger partial charge in [-0.15, -0.1) is 12.4 Å². The predicted molar refractivity (Wildman–Crippen MR) is 71.9 cm³/mol. The second-order valence-electron chi connectivity index (χ2n) is 4.59. The van der Waals surface area contributed by atoms with Crippen molar-refractivity contribution < 1.29 is 9.53 Å². The maximum absolute atomic E-state index is 12.1. The van der Waals surface area contributed by atoms with Crippen LogP contribution in [0.15, 0.2) is 24.4 Å². The number of ether oxygens (including phenoxy) is 1. The Morgan fingerprint density at radius 2 is 2.06 bits per heavy atom. The number of rotatable bonds is 2. The van der Waals surface area contributed by atoms with Gasteiger partial charge in [0.05, 0.1) is 12.8 Å². The first kappa shape index (κ1) is 14.9. The highest BCUT2D eigenvalue weighted by atomic mass is 35.5. The van der Waals surface area contributed by atoms with Crippen molar-refractivity contribution in [3.8, 4) is 0 Å². The smallest absolute Gasteiger partial charge is 0.317 e. The van der Waals surface area contributed by atoms with Crippen LogP contribution in [0.25, 0.3) is 0 Å². The van der Waals surface area contributed by atoms with Gasteiger partial charge in [0.1, 0.15) is 5.41 Å². The molecule has 0 atom stereocenters. The van der Waals surface area contributed by atoms with Gasteiger partial charge in [-0.2, -0.15) is 0 Å². The minimum Gasteiger partial charge on any atom is -0.468 e. The van der Waals surface area contributed by atoms with Gasteiger partial charge in [-0.1, -0.05) is 6.07 Å². The Balaban J connectivity index is 0.00000162. The molecule has 4 nitrogen and oxygen atoms in total. The molecule has 2 heterocycles. The number of aromatic nitrogens is 1. The summed E-state index contributed by atoms with van der Waals surface area (Å²) in [4.78, 5) is 18.7. The average Bonchev–Trinajstić information content (AvgIpc) is 2.40. The molecule has 0 aromatic carbocycles. The van der Waals surface area contributed by atoms with Crippen LogP contribution in [0.4, 0.5) is 0 Å². The van der Waals surface area contributed by atoms with Gasteiger partial charge in [-0.25, -0.2) is 0 Å². The molecule has 5 heteroatoms. The number of likely N-dealkylation sites (tertiary alicyclic amines) is 1. The fourth-order valence-corrected chi connectivity index (χ4v) is 2.41. The standard InChI is InChI=1S/C13H18N2O2.ClH/c1-15-9-6-13(7-10-15,12(16)17-2)11-5-3-4-8-14-11;/h3-5,8H,6-7,9-10H2,1-2H3;1H. The van der Waals surface area contributed by atoms with Gasteiger partial charge < -0.3 is 9.64 Å². The summed E-state index contributed by atoms with van der Waals surface area (Å²) >= 11 is 0. The summed E-state index contributed by atoms with van der Waals surface area (Å²) < 4.78 is 4.99. The van der Waals surface area contributed by atoms with Crippen molar-refractivity contribution >= 4 is 18.4 Å². The zero-order valence-electron chi connectivity index (χ0n) is 10.8. The number of hydrogen-bond acceptors (Lipinski definition) is 4. The Kier molecular flexibility index (Phi) is 5.11. The second-order valence-corrected chi connectivity index (χ2v) is 4.59. The van der Waals surface area contributed by atoms with Gasteiger partial charge in [0.2, 0.25) is 0 Å². The summed E-state index contributed by atoms with van der Waals surface area (Å²) in [6.45, 7) is 1.79. The summed E-state index contributed by atoms with van der Waals surface area (Å²) in [6.07, 6.45) is 3.28. The molecule has 0 N–H and O–H groups in total. The first-order valence-electron chi connectivity index (χ1n) is 5.87. The van der Waals surface area contributed by atoms with E-state index in [9.17, 15) is 4.79 Å². The van der Waals surface area contributed by atoms with E-state index >= 15 is 0 Å². The van der Waals surface area contributed by atoms with E-state index in [2.05, 4.69) is 16.9 Å². The topological polar surface area (TPSA) is 42.4 Å². The van der Waals surface area contributed by atoms with Gasteiger partial charge in [-0.05, 0) is 45.1 Å². The number of piperidine rings is 1. The molecule has 0 radical (unpaired) electrons. The van der Waals surface area contributed by atoms with Crippen LogP contribution < -0.4 is 0 Å². The van der Waals surface area contributed by atoms with Crippen LogP contribution in [-0.2, 0) is 14.9 Å². The highest BCUT2D eigenvalue weighted by molar-refractivity contribution is 5.85. The number of carbonyl (C=O) groups excluding carboxylic acids is 1. The lowest BCUT2D eigenvalue weighted by molar-refractivity contribution is -0.149. The number of nitrogens with zero attached hydrogens (tertiary/aromatic N) is 2. The summed E-state index contributed by atoms with van der Waals surface area (Å²) in [5, 5.41) is 0. The fourth-order valence-electron chi connectivity index (χ4n) is 2.41. The molecule has 1 aliphatic heterocycles. The van der Waals surface area contributed by atoms with Gasteiger partial charge >= 0.3 is 5.97 Å². The molecule has 0 amide bonds. The molecule has 0 saturated carbocycles. The summed E-state index contributed by atoms with van der Waals surface area (Å²) in [6, 6.07) is 5.71. The van der Waals surface area contributed by atoms with Crippen molar-refractivity contribution in [3.63, 3.8) is 0 Å². The number of hydrogen-bond donors (Lipinski definition) is 0. The SMILES string of the molecule is COC(=O)C1(c2ccccn2)CCN(C)CC1.Cl. The normalized spacial score (nSPS) is 18.8. The van der Waals surface area contributed by atoms with E-state index in [0.29, 0.717) is 0 Å². The van der Waals surface area contributed by atoms with Crippen molar-refractivity contribution in [2.75, 3.05) is 27.2 Å². The molecule has 1 aromatic heterocycles. The van der Waals surface area contributed by atoms with Crippen molar-refractivity contribution in [3.05, 3.63) is 30.1 Å². The minimum atomic E-state index is -0.553. The fraction of sp³-hybridized carbons (Fsp3) is 0.538. The van der Waals surface area contributed by atoms with Gasteiger partial charge in [0.15, 0.2) is 0 Å². The molecule has 1 aliphatic rings. The number of carbonyl (C=O) groups is 1. The molecule has 0 bridgehead atoms. The molecule has 1 saturated heterocycles. The maximum atomic E-state index is 12.1. The average molecular weight is 271 g/mol. The monoisotopic (exact) mass is 270 g/mol. The molecule has 1 fully saturated rings. The number of esters is 1. The van der Waals surface area contributed by atoms with E-state index in [1.807, 2.05) is 18.2 Å². The predicted octanol–water partition coefficient (Wildman–Crippen LogP) is 1.64. The third-order valence-electron chi connectivity index (χ3n) is 3.57. The van der Waals surface area contributed by atoms with Crippen molar-refractivity contribution in [1.29, 1.82) is 0 Å². The van der Waals surface area contributed by atoms with Crippen LogP contribution >= 0.6 is 12.4 Å². The van der Waals surface area contributed by atoms with E-state index in [4.69, 9.17) is 4.74 Å². The largest absolute Gasteiger partial charge is 0.468 e. The molecule has 18 heavy (non-hydrogen) atoms. The van der Waals surface area contributed by atoms with Gasteiger partial charge in [0, 0.05) is 6.20 Å². The molecular formula is C13H19ClN2O2. The lowest BCUT2D eigenvalue weighted by Crippen LogP contribution is -2.47. The Morgan fingerprint density at radius 1 is 1.39 bits per heavy atom. The number of methoxy groups -OCH3 is 1. The van der Waals surface area contributed by atoms with E-state index in [1.165, 1.54) is 7.11 Å². The van der Waals surface area contributed by atoms with Crippen molar-refractivity contribution in [2.24, 2.45) is 0 Å². The van der Waals surface area contributed by atoms with Gasteiger partial charge in [-0.3, -0.25) is 9.78 Å². The van der Waals surface area contributed by atoms with Crippen LogP contribution in [0.2, 0.25) is 0 Å². The maximum Gasteiger partial charge on any atom is 0.317 e. The molecule has 0 unspecified atom stereocenters. The van der Waals surface area contributed by atoms with E-state index < -0.39 is 5.41 Å². The van der Waals surface area contributed by atoms with Crippen LogP contribution in [0.3, 0.4) is 0 Å². The zero-order valence-corrected chi connectivity index (χ0v) is 11.6. The number of halogens is 1. The first-order chi connectivity index (χ1) is 8.19. The minimum absolute atomic E-state index is 0. The Morgan fingerprint density at radius 3 is 2.56 bits per heavy atom. The van der Waals surface area contributed by atoms with Crippen LogP contribution in [0.5, 0.6) is 0 Å². The summed E-state index contributed by atoms with van der Waals surface area (Å²) in [7, 11) is 3.52. The van der Waals surface area contributed by atoms with Gasteiger partial charge in [0.25, 0.3) is 0 Å². The number of pyridine rings is 1. The van der Waals surface area contributed by atoms with Crippen LogP contribution in [-0.4, -0.2) is 43.1 Å². The molecule has 1 aromatic rings. The quantitative estimate of drug-likeness (QED) is 0.767. The lowest BCUT2D eigenvalue weighted by Gasteiger charge is -2.37. The van der Waals surface area contributed by atoms with Crippen molar-refractivity contribution in [2.45, 2.75) is 18.3 Å². The summed E-state index contributed by atoms with van der Waals surface area (Å²) in [5.41, 5.74) is 0.280. The zero-order chi connectivity index (χ0) is 12.3. The first-order valence-corrected chi connectivity index (χ1v) is 5.87. The molecule has 100 valence electrons. The Bertz CT molecular complexity index is 389. The van der Waals surface area contributed by atoms with E-state index in [1.54, 1.807) is 6.20 Å². The van der Waals surface area contributed by atoms with E-state index in [-0.39, 0.29) is 18.4 Å². The molecule has 2 rings (SSSR count).